The predicted octanol–water partition coefficient (Wildman–Crippen LogP) is 7.29. The van der Waals surface area contributed by atoms with Gasteiger partial charge in [-0.15, -0.1) is 0 Å². The van der Waals surface area contributed by atoms with Crippen LogP contribution in [0.1, 0.15) is 111 Å². The second-order valence-electron chi connectivity index (χ2n) is 6.22. The lowest BCUT2D eigenvalue weighted by atomic mass is 9.96. The lowest BCUT2D eigenvalue weighted by Crippen LogP contribution is -1.95. The Labute approximate surface area is 123 Å². The molecule has 0 saturated heterocycles. The Morgan fingerprint density at radius 2 is 0.842 bits per heavy atom. The molecule has 0 amide bonds. The molecule has 118 valence electrons. The summed E-state index contributed by atoms with van der Waals surface area (Å²) in [6, 6.07) is 0. The molecule has 0 aliphatic carbocycles. The molecule has 0 saturated carbocycles. The fourth-order valence-corrected chi connectivity index (χ4v) is 2.69. The number of unbranched alkanes of at least 4 members (excludes halogenated alkanes) is 10. The van der Waals surface area contributed by atoms with E-state index in [9.17, 15) is 0 Å². The summed E-state index contributed by atoms with van der Waals surface area (Å²) < 4.78 is 0. The lowest BCUT2D eigenvalue weighted by molar-refractivity contribution is 0.431. The second-order valence-corrected chi connectivity index (χ2v) is 6.22. The van der Waals surface area contributed by atoms with Crippen LogP contribution >= 0.6 is 0 Å². The fraction of sp³-hybridized carbons (Fsp3) is 1.00. The van der Waals surface area contributed by atoms with Gasteiger partial charge in [-0.3, -0.25) is 0 Å². The average molecular weight is 272 g/mol. The highest BCUT2D eigenvalue weighted by atomic mass is 14.1. The molecule has 0 heterocycles. The van der Waals surface area contributed by atoms with Gasteiger partial charge in [-0.05, 0) is 5.92 Å². The van der Waals surface area contributed by atoms with Crippen LogP contribution < -0.4 is 6.15 Å². The molecule has 0 unspecified atom stereocenters. The Kier molecular flexibility index (Phi) is 20.1. The number of rotatable bonds is 14. The van der Waals surface area contributed by atoms with E-state index in [4.69, 9.17) is 0 Å². The van der Waals surface area contributed by atoms with Crippen LogP contribution in [0.5, 0.6) is 0 Å². The lowest BCUT2D eigenvalue weighted by Gasteiger charge is -2.10. The molecule has 0 aliphatic heterocycles. The Hall–Kier alpha value is -0.0400. The number of hydrogen-bond acceptors (Lipinski definition) is 1. The van der Waals surface area contributed by atoms with Gasteiger partial charge in [0.1, 0.15) is 0 Å². The van der Waals surface area contributed by atoms with E-state index in [1.54, 1.807) is 0 Å². The van der Waals surface area contributed by atoms with Crippen LogP contribution in [0.25, 0.3) is 0 Å². The molecular weight excluding hydrogens is 230 g/mol. The molecule has 0 fully saturated rings. The molecule has 0 atom stereocenters. The number of hydrogen-bond donors (Lipinski definition) is 1. The molecule has 0 aromatic heterocycles. The summed E-state index contributed by atoms with van der Waals surface area (Å²) in [5.41, 5.74) is 0. The van der Waals surface area contributed by atoms with E-state index in [0.29, 0.717) is 0 Å². The van der Waals surface area contributed by atoms with Gasteiger partial charge >= 0.3 is 0 Å². The first kappa shape index (κ1) is 21.3. The third kappa shape index (κ3) is 18.0. The maximum absolute atomic E-state index is 2.46. The van der Waals surface area contributed by atoms with Crippen LogP contribution in [0.15, 0.2) is 0 Å². The minimum atomic E-state index is 0. The summed E-state index contributed by atoms with van der Waals surface area (Å²) in [6.45, 7) is 7.04. The molecule has 0 rings (SSSR count). The zero-order valence-electron chi connectivity index (χ0n) is 14.2. The Balaban J connectivity index is 0. The zero-order valence-corrected chi connectivity index (χ0v) is 14.2. The molecule has 0 bridgehead atoms. The highest BCUT2D eigenvalue weighted by Crippen LogP contribution is 2.18. The summed E-state index contributed by atoms with van der Waals surface area (Å²) in [5, 5.41) is 0. The maximum Gasteiger partial charge on any atom is -0.0443 e. The van der Waals surface area contributed by atoms with Crippen molar-refractivity contribution in [2.45, 2.75) is 111 Å². The first-order valence-electron chi connectivity index (χ1n) is 8.81. The minimum Gasteiger partial charge on any atom is -0.344 e. The van der Waals surface area contributed by atoms with E-state index in [2.05, 4.69) is 20.8 Å². The Morgan fingerprint density at radius 1 is 0.526 bits per heavy atom. The SMILES string of the molecule is CCCCCCCCC(C)CCCCCCCC.N. The molecule has 1 nitrogen and oxygen atoms in total. The van der Waals surface area contributed by atoms with Crippen molar-refractivity contribution in [3.8, 4) is 0 Å². The first-order valence-corrected chi connectivity index (χ1v) is 8.81. The van der Waals surface area contributed by atoms with Gasteiger partial charge in [0.15, 0.2) is 0 Å². The van der Waals surface area contributed by atoms with Crippen LogP contribution in [-0.2, 0) is 0 Å². The van der Waals surface area contributed by atoms with Gasteiger partial charge in [-0.2, -0.15) is 0 Å². The van der Waals surface area contributed by atoms with Crippen LogP contribution in [0.3, 0.4) is 0 Å². The molecule has 0 aromatic rings. The molecule has 0 radical (unpaired) electrons. The average Bonchev–Trinajstić information content (AvgIpc) is 2.38. The van der Waals surface area contributed by atoms with E-state index in [1.807, 2.05) is 0 Å². The molecule has 0 aliphatic rings. The summed E-state index contributed by atoms with van der Waals surface area (Å²) in [4.78, 5) is 0. The normalized spacial score (nSPS) is 10.7. The van der Waals surface area contributed by atoms with Crippen molar-refractivity contribution in [3.63, 3.8) is 0 Å². The summed E-state index contributed by atoms with van der Waals surface area (Å²) in [5.74, 6) is 0.974. The van der Waals surface area contributed by atoms with E-state index >= 15 is 0 Å². The maximum atomic E-state index is 2.46. The quantitative estimate of drug-likeness (QED) is 0.331. The first-order chi connectivity index (χ1) is 8.81. The van der Waals surface area contributed by atoms with Crippen LogP contribution in [0.2, 0.25) is 0 Å². The Morgan fingerprint density at radius 3 is 1.21 bits per heavy atom. The smallest absolute Gasteiger partial charge is 0.0443 e. The molecule has 0 spiro atoms. The van der Waals surface area contributed by atoms with Crippen molar-refractivity contribution in [1.82, 2.24) is 6.15 Å². The van der Waals surface area contributed by atoms with Gasteiger partial charge in [0.05, 0.1) is 0 Å². The largest absolute Gasteiger partial charge is 0.344 e. The molecule has 0 aromatic carbocycles. The molecule has 19 heavy (non-hydrogen) atoms. The van der Waals surface area contributed by atoms with Crippen molar-refractivity contribution in [3.05, 3.63) is 0 Å². The van der Waals surface area contributed by atoms with Gasteiger partial charge in [0.25, 0.3) is 0 Å². The molecule has 3 N–H and O–H groups in total. The van der Waals surface area contributed by atoms with Gasteiger partial charge < -0.3 is 6.15 Å². The van der Waals surface area contributed by atoms with Crippen LogP contribution in [-0.4, -0.2) is 0 Å². The highest BCUT2D eigenvalue weighted by Gasteiger charge is 2.01. The van der Waals surface area contributed by atoms with Crippen molar-refractivity contribution in [2.75, 3.05) is 0 Å². The molecule has 1 heteroatoms. The van der Waals surface area contributed by atoms with E-state index in [0.717, 1.165) is 5.92 Å². The third-order valence-electron chi connectivity index (χ3n) is 4.10. The van der Waals surface area contributed by atoms with E-state index in [1.165, 1.54) is 89.9 Å². The van der Waals surface area contributed by atoms with Gasteiger partial charge in [-0.1, -0.05) is 111 Å². The second kappa shape index (κ2) is 18.0. The fourth-order valence-electron chi connectivity index (χ4n) is 2.69. The Bertz CT molecular complexity index is 129. The predicted molar refractivity (Wildman–Crippen MR) is 90.2 cm³/mol. The van der Waals surface area contributed by atoms with Crippen molar-refractivity contribution in [2.24, 2.45) is 5.92 Å². The standard InChI is InChI=1S/C18H38.H3N/c1-4-6-8-10-12-14-16-18(3)17-15-13-11-9-7-5-2;/h18H,4-17H2,1-3H3;1H3. The van der Waals surface area contributed by atoms with Crippen molar-refractivity contribution in [1.29, 1.82) is 0 Å². The van der Waals surface area contributed by atoms with Gasteiger partial charge in [-0.25, -0.2) is 0 Å². The molecular formula is C18H41N. The summed E-state index contributed by atoms with van der Waals surface area (Å²) >= 11 is 0. The topological polar surface area (TPSA) is 35.0 Å². The highest BCUT2D eigenvalue weighted by molar-refractivity contribution is 4.55. The van der Waals surface area contributed by atoms with Crippen molar-refractivity contribution >= 4 is 0 Å². The summed E-state index contributed by atoms with van der Waals surface area (Å²) in [7, 11) is 0. The van der Waals surface area contributed by atoms with Crippen LogP contribution in [0.4, 0.5) is 0 Å². The van der Waals surface area contributed by atoms with Crippen LogP contribution in [0, 0.1) is 5.92 Å². The monoisotopic (exact) mass is 271 g/mol. The van der Waals surface area contributed by atoms with E-state index in [-0.39, 0.29) is 6.15 Å². The zero-order chi connectivity index (χ0) is 13.5. The minimum absolute atomic E-state index is 0. The summed E-state index contributed by atoms with van der Waals surface area (Å²) in [6.07, 6.45) is 20.3. The van der Waals surface area contributed by atoms with E-state index < -0.39 is 0 Å². The van der Waals surface area contributed by atoms with Gasteiger partial charge in [0.2, 0.25) is 0 Å². The van der Waals surface area contributed by atoms with Gasteiger partial charge in [0, 0.05) is 0 Å². The third-order valence-corrected chi connectivity index (χ3v) is 4.10. The van der Waals surface area contributed by atoms with Crippen molar-refractivity contribution < 1.29 is 0 Å².